The second-order valence-corrected chi connectivity index (χ2v) is 10.1. The molecule has 1 saturated carbocycles. The predicted octanol–water partition coefficient (Wildman–Crippen LogP) is 9.12. The molecule has 0 radical (unpaired) electrons. The quantitative estimate of drug-likeness (QED) is 0.416. The van der Waals surface area contributed by atoms with Crippen LogP contribution in [0.15, 0.2) is 66.8 Å². The first-order chi connectivity index (χ1) is 15.0. The van der Waals surface area contributed by atoms with Crippen LogP contribution in [0.5, 0.6) is 0 Å². The molecule has 2 aromatic carbocycles. The highest BCUT2D eigenvalue weighted by molar-refractivity contribution is 5.73. The summed E-state index contributed by atoms with van der Waals surface area (Å²) in [4.78, 5) is 0. The summed E-state index contributed by atoms with van der Waals surface area (Å²) in [6, 6.07) is 16.5. The van der Waals surface area contributed by atoms with Crippen molar-refractivity contribution in [2.75, 3.05) is 0 Å². The van der Waals surface area contributed by atoms with E-state index in [1.165, 1.54) is 77.5 Å². The van der Waals surface area contributed by atoms with Crippen molar-refractivity contribution in [1.82, 2.24) is 0 Å². The zero-order valence-corrected chi connectivity index (χ0v) is 19.7. The Morgan fingerprint density at radius 3 is 2.23 bits per heavy atom. The van der Waals surface area contributed by atoms with Gasteiger partial charge in [-0.05, 0) is 83.4 Å². The smallest absolute Gasteiger partial charge is 0.00254 e. The fourth-order valence-electron chi connectivity index (χ4n) is 5.12. The molecule has 0 aliphatic heterocycles. The Balaban J connectivity index is 1.61. The lowest BCUT2D eigenvalue weighted by molar-refractivity contribution is 0.592. The number of hydrogen-bond acceptors (Lipinski definition) is 0. The molecule has 2 aliphatic carbocycles. The van der Waals surface area contributed by atoms with Crippen LogP contribution in [-0.4, -0.2) is 0 Å². The zero-order valence-electron chi connectivity index (χ0n) is 19.7. The normalized spacial score (nSPS) is 17.4. The minimum absolute atomic E-state index is 0.487. The molecule has 162 valence electrons. The van der Waals surface area contributed by atoms with E-state index in [1.54, 1.807) is 5.56 Å². The lowest BCUT2D eigenvalue weighted by atomic mass is 9.86. The number of allylic oxidation sites excluding steroid dienone is 5. The minimum atomic E-state index is 0.487. The average molecular weight is 411 g/mol. The van der Waals surface area contributed by atoms with Crippen molar-refractivity contribution >= 4 is 11.1 Å². The maximum absolute atomic E-state index is 4.26. The molecular weight excluding hydrogens is 372 g/mol. The van der Waals surface area contributed by atoms with Crippen molar-refractivity contribution in [3.63, 3.8) is 0 Å². The van der Waals surface area contributed by atoms with E-state index in [9.17, 15) is 0 Å². The highest BCUT2D eigenvalue weighted by Crippen LogP contribution is 2.36. The van der Waals surface area contributed by atoms with Gasteiger partial charge in [0.15, 0.2) is 0 Å². The maximum Gasteiger partial charge on any atom is -0.00254 e. The van der Waals surface area contributed by atoms with Crippen LogP contribution >= 0.6 is 0 Å². The van der Waals surface area contributed by atoms with Gasteiger partial charge in [0.05, 0.1) is 0 Å². The Bertz CT molecular complexity index is 973. The summed E-state index contributed by atoms with van der Waals surface area (Å²) >= 11 is 0. The fraction of sp³-hybridized carbons (Fsp3) is 0.419. The van der Waals surface area contributed by atoms with Crippen LogP contribution in [0.25, 0.3) is 11.1 Å². The van der Waals surface area contributed by atoms with Gasteiger partial charge >= 0.3 is 0 Å². The van der Waals surface area contributed by atoms with E-state index in [0.717, 1.165) is 18.8 Å². The van der Waals surface area contributed by atoms with E-state index in [4.69, 9.17) is 0 Å². The third kappa shape index (κ3) is 5.48. The largest absolute Gasteiger partial charge is 0.0950 e. The molecular formula is C31H38. The average Bonchev–Trinajstić information content (AvgIpc) is 3.03. The SMILES string of the molecule is C=C(c1ccc(Cc2cc(C3=CC=C(C)C3)cc(C3CCCCCC3)c2)cc1)C(C)C. The van der Waals surface area contributed by atoms with Gasteiger partial charge in [-0.1, -0.05) is 106 Å². The Hall–Kier alpha value is -2.34. The third-order valence-electron chi connectivity index (χ3n) is 7.18. The summed E-state index contributed by atoms with van der Waals surface area (Å²) < 4.78 is 0. The summed E-state index contributed by atoms with van der Waals surface area (Å²) in [5, 5.41) is 0. The first-order valence-corrected chi connectivity index (χ1v) is 12.3. The molecule has 0 saturated heterocycles. The first-order valence-electron chi connectivity index (χ1n) is 12.3. The van der Waals surface area contributed by atoms with Crippen molar-refractivity contribution in [2.45, 2.75) is 78.1 Å². The molecule has 0 heterocycles. The second kappa shape index (κ2) is 9.86. The Morgan fingerprint density at radius 2 is 1.61 bits per heavy atom. The van der Waals surface area contributed by atoms with Gasteiger partial charge in [0.2, 0.25) is 0 Å². The summed E-state index contributed by atoms with van der Waals surface area (Å²) in [7, 11) is 0. The molecule has 0 bridgehead atoms. The van der Waals surface area contributed by atoms with Crippen molar-refractivity contribution in [3.05, 3.63) is 94.6 Å². The van der Waals surface area contributed by atoms with Gasteiger partial charge in [-0.25, -0.2) is 0 Å². The molecule has 1 fully saturated rings. The van der Waals surface area contributed by atoms with Gasteiger partial charge in [-0.3, -0.25) is 0 Å². The van der Waals surface area contributed by atoms with Gasteiger partial charge in [-0.15, -0.1) is 0 Å². The molecule has 0 N–H and O–H groups in total. The van der Waals surface area contributed by atoms with E-state index >= 15 is 0 Å². The topological polar surface area (TPSA) is 0 Å². The van der Waals surface area contributed by atoms with Crippen LogP contribution < -0.4 is 0 Å². The fourth-order valence-corrected chi connectivity index (χ4v) is 5.12. The molecule has 0 spiro atoms. The minimum Gasteiger partial charge on any atom is -0.0950 e. The van der Waals surface area contributed by atoms with E-state index in [1.807, 2.05) is 0 Å². The molecule has 0 heteroatoms. The Morgan fingerprint density at radius 1 is 0.903 bits per heavy atom. The lowest BCUT2D eigenvalue weighted by Gasteiger charge is -2.19. The molecule has 4 rings (SSSR count). The summed E-state index contributed by atoms with van der Waals surface area (Å²) in [5.74, 6) is 1.22. The number of benzene rings is 2. The van der Waals surface area contributed by atoms with Crippen LogP contribution in [0.4, 0.5) is 0 Å². The Kier molecular flexibility index (Phi) is 6.96. The van der Waals surface area contributed by atoms with E-state index < -0.39 is 0 Å². The summed E-state index contributed by atoms with van der Waals surface area (Å²) in [6.45, 7) is 10.9. The Labute approximate surface area is 189 Å². The summed E-state index contributed by atoms with van der Waals surface area (Å²) in [6.07, 6.45) is 15.0. The monoisotopic (exact) mass is 410 g/mol. The van der Waals surface area contributed by atoms with Gasteiger partial charge in [0.25, 0.3) is 0 Å². The molecule has 31 heavy (non-hydrogen) atoms. The standard InChI is InChI=1S/C31H38/c1-22(2)24(4)27-15-12-25(13-16-27)18-26-19-30(28-9-7-5-6-8-10-28)21-31(20-26)29-14-11-23(3)17-29/h11-16,19-22,28H,4-10,17-18H2,1-3H3. The first kappa shape index (κ1) is 21.9. The second-order valence-electron chi connectivity index (χ2n) is 10.1. The maximum atomic E-state index is 4.26. The van der Waals surface area contributed by atoms with E-state index in [0.29, 0.717) is 5.92 Å². The summed E-state index contributed by atoms with van der Waals surface area (Å²) in [5.41, 5.74) is 11.3. The zero-order chi connectivity index (χ0) is 21.8. The highest BCUT2D eigenvalue weighted by Gasteiger charge is 2.17. The third-order valence-corrected chi connectivity index (χ3v) is 7.18. The molecule has 2 aliphatic rings. The predicted molar refractivity (Wildman–Crippen MR) is 136 cm³/mol. The molecule has 0 aromatic heterocycles. The van der Waals surface area contributed by atoms with Gasteiger partial charge in [0.1, 0.15) is 0 Å². The molecule has 0 atom stereocenters. The molecule has 2 aromatic rings. The lowest BCUT2D eigenvalue weighted by Crippen LogP contribution is -2.01. The number of hydrogen-bond donors (Lipinski definition) is 0. The van der Waals surface area contributed by atoms with E-state index in [2.05, 4.69) is 82.0 Å². The molecule has 0 nitrogen and oxygen atoms in total. The van der Waals surface area contributed by atoms with Crippen LogP contribution in [-0.2, 0) is 6.42 Å². The van der Waals surface area contributed by atoms with Crippen molar-refractivity contribution in [2.24, 2.45) is 5.92 Å². The van der Waals surface area contributed by atoms with Crippen LogP contribution in [0.1, 0.15) is 99.5 Å². The van der Waals surface area contributed by atoms with Crippen molar-refractivity contribution < 1.29 is 0 Å². The molecule has 0 amide bonds. The van der Waals surface area contributed by atoms with Gasteiger partial charge in [0, 0.05) is 0 Å². The van der Waals surface area contributed by atoms with Crippen LogP contribution in [0.3, 0.4) is 0 Å². The van der Waals surface area contributed by atoms with Crippen LogP contribution in [0, 0.1) is 5.92 Å². The van der Waals surface area contributed by atoms with Gasteiger partial charge in [-0.2, -0.15) is 0 Å². The number of rotatable bonds is 6. The van der Waals surface area contributed by atoms with Crippen LogP contribution in [0.2, 0.25) is 0 Å². The van der Waals surface area contributed by atoms with Gasteiger partial charge < -0.3 is 0 Å². The van der Waals surface area contributed by atoms with E-state index in [-0.39, 0.29) is 0 Å². The highest BCUT2D eigenvalue weighted by atomic mass is 14.2. The van der Waals surface area contributed by atoms with Crippen molar-refractivity contribution in [3.8, 4) is 0 Å². The van der Waals surface area contributed by atoms with Crippen molar-refractivity contribution in [1.29, 1.82) is 0 Å². The molecule has 0 unspecified atom stereocenters.